The van der Waals surface area contributed by atoms with E-state index < -0.39 is 11.9 Å². The summed E-state index contributed by atoms with van der Waals surface area (Å²) in [5.74, 6) is -1.58. The molecular formula is C21H20ClN5O5. The van der Waals surface area contributed by atoms with Gasteiger partial charge in [-0.25, -0.2) is 9.78 Å². The highest BCUT2D eigenvalue weighted by molar-refractivity contribution is 6.30. The molecule has 0 unspecified atom stereocenters. The van der Waals surface area contributed by atoms with Crippen LogP contribution >= 0.6 is 11.6 Å². The minimum absolute atomic E-state index is 0.201. The van der Waals surface area contributed by atoms with Gasteiger partial charge in [0, 0.05) is 36.8 Å². The lowest BCUT2D eigenvalue weighted by Crippen LogP contribution is -2.33. The summed E-state index contributed by atoms with van der Waals surface area (Å²) in [7, 11) is 0. The summed E-state index contributed by atoms with van der Waals surface area (Å²) < 4.78 is 6.68. The number of nitrogens with zero attached hydrogens (tertiary/aromatic N) is 4. The smallest absolute Gasteiger partial charge is 0.357 e. The van der Waals surface area contributed by atoms with E-state index in [0.717, 1.165) is 6.42 Å². The molecule has 166 valence electrons. The zero-order valence-corrected chi connectivity index (χ0v) is 17.7. The van der Waals surface area contributed by atoms with Crippen molar-refractivity contribution in [2.24, 2.45) is 0 Å². The maximum atomic E-state index is 12.9. The fourth-order valence-electron chi connectivity index (χ4n) is 3.49. The van der Waals surface area contributed by atoms with E-state index in [1.54, 1.807) is 29.2 Å². The van der Waals surface area contributed by atoms with Crippen LogP contribution in [-0.4, -0.2) is 68.9 Å². The number of hydrogen-bond donors (Lipinski definition) is 2. The second kappa shape index (κ2) is 9.33. The number of amides is 2. The first-order valence-electron chi connectivity index (χ1n) is 9.94. The average molecular weight is 458 g/mol. The molecule has 0 spiro atoms. The molecule has 0 saturated carbocycles. The number of anilines is 1. The molecule has 0 aliphatic carbocycles. The van der Waals surface area contributed by atoms with Crippen molar-refractivity contribution in [1.82, 2.24) is 19.7 Å². The normalized spacial score (nSPS) is 14.2. The molecule has 1 fully saturated rings. The van der Waals surface area contributed by atoms with Crippen LogP contribution in [0.25, 0.3) is 10.9 Å². The molecule has 0 radical (unpaired) electrons. The van der Waals surface area contributed by atoms with E-state index in [2.05, 4.69) is 15.4 Å². The van der Waals surface area contributed by atoms with Crippen molar-refractivity contribution in [2.45, 2.75) is 13.0 Å². The monoisotopic (exact) mass is 457 g/mol. The highest BCUT2D eigenvalue weighted by atomic mass is 35.5. The van der Waals surface area contributed by atoms with Crippen LogP contribution in [-0.2, 0) is 16.1 Å². The molecule has 3 heterocycles. The zero-order valence-electron chi connectivity index (χ0n) is 17.0. The number of aromatic carboxylic acids is 1. The van der Waals surface area contributed by atoms with Gasteiger partial charge in [-0.3, -0.25) is 14.3 Å². The Morgan fingerprint density at radius 3 is 2.75 bits per heavy atom. The minimum atomic E-state index is -1.25. The summed E-state index contributed by atoms with van der Waals surface area (Å²) in [5, 5.41) is 17.0. The van der Waals surface area contributed by atoms with Crippen LogP contribution < -0.4 is 5.32 Å². The van der Waals surface area contributed by atoms with E-state index in [1.165, 1.54) is 16.9 Å². The molecule has 2 aromatic heterocycles. The van der Waals surface area contributed by atoms with Gasteiger partial charge in [0.05, 0.1) is 17.1 Å². The quantitative estimate of drug-likeness (QED) is 0.601. The third-order valence-corrected chi connectivity index (χ3v) is 5.22. The van der Waals surface area contributed by atoms with Crippen molar-refractivity contribution < 1.29 is 24.2 Å². The predicted molar refractivity (Wildman–Crippen MR) is 116 cm³/mol. The molecule has 1 aromatic carbocycles. The van der Waals surface area contributed by atoms with E-state index in [-0.39, 0.29) is 23.5 Å². The lowest BCUT2D eigenvalue weighted by molar-refractivity contribution is -0.116. The van der Waals surface area contributed by atoms with Gasteiger partial charge in [0.1, 0.15) is 12.4 Å². The van der Waals surface area contributed by atoms with E-state index in [1.807, 2.05) is 0 Å². The Morgan fingerprint density at radius 1 is 1.16 bits per heavy atom. The van der Waals surface area contributed by atoms with Gasteiger partial charge in [-0.05, 0) is 36.8 Å². The van der Waals surface area contributed by atoms with E-state index in [4.69, 9.17) is 16.3 Å². The summed E-state index contributed by atoms with van der Waals surface area (Å²) in [4.78, 5) is 42.8. The number of fused-ring (bicyclic) bond motifs is 1. The maximum absolute atomic E-state index is 12.9. The fraction of sp³-hybridized carbons (Fsp3) is 0.286. The Morgan fingerprint density at radius 2 is 2.00 bits per heavy atom. The van der Waals surface area contributed by atoms with Crippen LogP contribution in [0.4, 0.5) is 5.82 Å². The van der Waals surface area contributed by atoms with Crippen LogP contribution in [0.3, 0.4) is 0 Å². The van der Waals surface area contributed by atoms with Gasteiger partial charge in [-0.1, -0.05) is 11.6 Å². The second-order valence-electron chi connectivity index (χ2n) is 7.21. The standard InChI is InChI=1S/C21H20ClN5O5/c22-14-3-5-17(23-11-14)24-18(28)12-27-16-4-2-13(10-15(16)19(25-27)21(30)31)20(29)26-6-1-8-32-9-7-26/h2-5,10-11H,1,6-9,12H2,(H,30,31)(H,23,24,28). The Balaban J connectivity index is 1.60. The number of halogens is 1. The first kappa shape index (κ1) is 21.7. The number of aromatic nitrogens is 3. The van der Waals surface area contributed by atoms with Gasteiger partial charge in [0.2, 0.25) is 5.91 Å². The molecule has 1 saturated heterocycles. The van der Waals surface area contributed by atoms with Gasteiger partial charge in [-0.2, -0.15) is 5.10 Å². The first-order chi connectivity index (χ1) is 15.4. The number of nitrogens with one attached hydrogen (secondary N) is 1. The van der Waals surface area contributed by atoms with Gasteiger partial charge in [-0.15, -0.1) is 0 Å². The summed E-state index contributed by atoms with van der Waals surface area (Å²) in [6.07, 6.45) is 2.14. The number of pyridine rings is 1. The third-order valence-electron chi connectivity index (χ3n) is 5.00. The number of hydrogen-bond acceptors (Lipinski definition) is 6. The van der Waals surface area contributed by atoms with Gasteiger partial charge >= 0.3 is 5.97 Å². The highest BCUT2D eigenvalue weighted by Crippen LogP contribution is 2.22. The minimum Gasteiger partial charge on any atom is -0.476 e. The van der Waals surface area contributed by atoms with Crippen LogP contribution in [0.5, 0.6) is 0 Å². The fourth-order valence-corrected chi connectivity index (χ4v) is 3.60. The number of carbonyl (C=O) groups excluding carboxylic acids is 2. The maximum Gasteiger partial charge on any atom is 0.357 e. The molecule has 3 aromatic rings. The lowest BCUT2D eigenvalue weighted by Gasteiger charge is -2.19. The predicted octanol–water partition coefficient (Wildman–Crippen LogP) is 2.28. The molecule has 0 atom stereocenters. The summed E-state index contributed by atoms with van der Waals surface area (Å²) >= 11 is 5.79. The van der Waals surface area contributed by atoms with E-state index >= 15 is 0 Å². The van der Waals surface area contributed by atoms with Gasteiger partial charge in [0.25, 0.3) is 5.91 Å². The number of carboxylic acid groups (broad SMARTS) is 1. The Kier molecular flexibility index (Phi) is 6.33. The van der Waals surface area contributed by atoms with Gasteiger partial charge in [0.15, 0.2) is 5.69 Å². The zero-order chi connectivity index (χ0) is 22.7. The number of carbonyl (C=O) groups is 3. The topological polar surface area (TPSA) is 127 Å². The third kappa shape index (κ3) is 4.71. The van der Waals surface area contributed by atoms with E-state index in [0.29, 0.717) is 48.2 Å². The van der Waals surface area contributed by atoms with Crippen LogP contribution in [0.2, 0.25) is 5.02 Å². The SMILES string of the molecule is O=C(Cn1nc(C(=O)O)c2cc(C(=O)N3CCCOCC3)ccc21)Nc1ccc(Cl)cn1. The van der Waals surface area contributed by atoms with Crippen LogP contribution in [0.15, 0.2) is 36.5 Å². The Bertz CT molecular complexity index is 1170. The second-order valence-corrected chi connectivity index (χ2v) is 7.65. The van der Waals surface area contributed by atoms with Crippen molar-refractivity contribution in [3.8, 4) is 0 Å². The number of benzene rings is 1. The van der Waals surface area contributed by atoms with Crippen LogP contribution in [0.1, 0.15) is 27.3 Å². The summed E-state index contributed by atoms with van der Waals surface area (Å²) in [5.41, 5.74) is 0.555. The molecule has 2 amide bonds. The lowest BCUT2D eigenvalue weighted by atomic mass is 10.1. The van der Waals surface area contributed by atoms with Crippen molar-refractivity contribution in [3.63, 3.8) is 0 Å². The molecule has 1 aliphatic heterocycles. The summed E-state index contributed by atoms with van der Waals surface area (Å²) in [6.45, 7) is 1.88. The molecule has 1 aliphatic rings. The van der Waals surface area contributed by atoms with Crippen molar-refractivity contribution in [1.29, 1.82) is 0 Å². The molecule has 10 nitrogen and oxygen atoms in total. The number of rotatable bonds is 5. The van der Waals surface area contributed by atoms with Crippen molar-refractivity contribution in [3.05, 3.63) is 52.8 Å². The number of ether oxygens (including phenoxy) is 1. The Labute approximate surface area is 187 Å². The molecule has 2 N–H and O–H groups in total. The molecule has 11 heteroatoms. The molecule has 0 bridgehead atoms. The number of carboxylic acids is 1. The summed E-state index contributed by atoms with van der Waals surface area (Å²) in [6, 6.07) is 7.86. The van der Waals surface area contributed by atoms with Gasteiger partial charge < -0.3 is 20.1 Å². The van der Waals surface area contributed by atoms with Crippen molar-refractivity contribution in [2.75, 3.05) is 31.6 Å². The highest BCUT2D eigenvalue weighted by Gasteiger charge is 2.22. The van der Waals surface area contributed by atoms with Crippen LogP contribution in [0, 0.1) is 0 Å². The average Bonchev–Trinajstić information content (AvgIpc) is 2.94. The molecular weight excluding hydrogens is 438 g/mol. The largest absolute Gasteiger partial charge is 0.476 e. The molecule has 32 heavy (non-hydrogen) atoms. The van der Waals surface area contributed by atoms with Crippen molar-refractivity contribution >= 4 is 46.1 Å². The van der Waals surface area contributed by atoms with E-state index in [9.17, 15) is 19.5 Å². The Hall–Kier alpha value is -3.50. The first-order valence-corrected chi connectivity index (χ1v) is 10.3. The molecule has 4 rings (SSSR count).